The molecule has 0 aliphatic rings. The minimum atomic E-state index is -0.546. The van der Waals surface area contributed by atoms with Crippen molar-refractivity contribution in [3.8, 4) is 5.75 Å². The van der Waals surface area contributed by atoms with Crippen molar-refractivity contribution in [1.29, 1.82) is 0 Å². The number of methoxy groups -OCH3 is 1. The van der Waals surface area contributed by atoms with Crippen LogP contribution >= 0.6 is 11.6 Å². The third kappa shape index (κ3) is 2.68. The lowest BCUT2D eigenvalue weighted by Crippen LogP contribution is -2.07. The predicted molar refractivity (Wildman–Crippen MR) is 77.3 cm³/mol. The van der Waals surface area contributed by atoms with Crippen molar-refractivity contribution < 1.29 is 13.9 Å². The van der Waals surface area contributed by atoms with Crippen LogP contribution in [0.2, 0.25) is 5.02 Å². The number of hydrogen-bond acceptors (Lipinski definition) is 2. The van der Waals surface area contributed by atoms with Gasteiger partial charge in [0.05, 0.1) is 17.7 Å². The highest BCUT2D eigenvalue weighted by atomic mass is 35.5. The molecular formula is C16H14ClFO2. The third-order valence-electron chi connectivity index (χ3n) is 3.07. The Hall–Kier alpha value is -1.87. The lowest BCUT2D eigenvalue weighted by atomic mass is 9.96. The summed E-state index contributed by atoms with van der Waals surface area (Å²) in [6.07, 6.45) is 0. The average Bonchev–Trinajstić information content (AvgIpc) is 2.40. The summed E-state index contributed by atoms with van der Waals surface area (Å²) >= 11 is 5.73. The van der Waals surface area contributed by atoms with Gasteiger partial charge in [-0.05, 0) is 49.2 Å². The van der Waals surface area contributed by atoms with Gasteiger partial charge in [-0.2, -0.15) is 0 Å². The monoisotopic (exact) mass is 292 g/mol. The molecule has 0 aliphatic heterocycles. The molecule has 0 bridgehead atoms. The highest BCUT2D eigenvalue weighted by Gasteiger charge is 2.18. The summed E-state index contributed by atoms with van der Waals surface area (Å²) in [6.45, 7) is 3.77. The van der Waals surface area contributed by atoms with Gasteiger partial charge in [0, 0.05) is 5.56 Å². The van der Waals surface area contributed by atoms with Gasteiger partial charge in [0.1, 0.15) is 11.6 Å². The summed E-state index contributed by atoms with van der Waals surface area (Å²) in [6, 6.07) is 7.64. The topological polar surface area (TPSA) is 26.3 Å². The molecule has 20 heavy (non-hydrogen) atoms. The van der Waals surface area contributed by atoms with Gasteiger partial charge < -0.3 is 4.74 Å². The first-order valence-corrected chi connectivity index (χ1v) is 6.47. The molecule has 0 atom stereocenters. The fraction of sp³-hybridized carbons (Fsp3) is 0.188. The zero-order valence-electron chi connectivity index (χ0n) is 11.5. The first kappa shape index (κ1) is 14.5. The average molecular weight is 293 g/mol. The number of rotatable bonds is 3. The van der Waals surface area contributed by atoms with E-state index in [1.165, 1.54) is 25.3 Å². The van der Waals surface area contributed by atoms with E-state index in [0.29, 0.717) is 16.9 Å². The highest BCUT2D eigenvalue weighted by Crippen LogP contribution is 2.28. The maximum Gasteiger partial charge on any atom is 0.197 e. The minimum absolute atomic E-state index is 0.0698. The Morgan fingerprint density at radius 3 is 2.50 bits per heavy atom. The summed E-state index contributed by atoms with van der Waals surface area (Å²) in [4.78, 5) is 12.6. The molecule has 0 fully saturated rings. The van der Waals surface area contributed by atoms with Crippen LogP contribution in [0.25, 0.3) is 0 Å². The first-order valence-electron chi connectivity index (χ1n) is 6.09. The standard InChI is InChI=1S/C16H14ClFO2/c1-9-6-10(2)15(14(7-9)20-3)16(19)11-4-5-13(18)12(17)8-11/h4-8H,1-3H3. The number of aryl methyl sites for hydroxylation is 2. The van der Waals surface area contributed by atoms with Crippen molar-refractivity contribution in [2.45, 2.75) is 13.8 Å². The summed E-state index contributed by atoms with van der Waals surface area (Å²) < 4.78 is 18.4. The lowest BCUT2D eigenvalue weighted by molar-refractivity contribution is 0.103. The number of hydrogen-bond donors (Lipinski definition) is 0. The van der Waals surface area contributed by atoms with E-state index in [0.717, 1.165) is 11.1 Å². The molecule has 0 aromatic heterocycles. The Balaban J connectivity index is 2.55. The molecular weight excluding hydrogens is 279 g/mol. The molecule has 0 heterocycles. The Bertz CT molecular complexity index is 680. The molecule has 2 nitrogen and oxygen atoms in total. The summed E-state index contributed by atoms with van der Waals surface area (Å²) in [7, 11) is 1.52. The molecule has 4 heteroatoms. The van der Waals surface area contributed by atoms with Gasteiger partial charge in [-0.15, -0.1) is 0 Å². The molecule has 0 unspecified atom stereocenters. The van der Waals surface area contributed by atoms with E-state index in [2.05, 4.69) is 0 Å². The Labute approximate surface area is 122 Å². The molecule has 2 aromatic rings. The van der Waals surface area contributed by atoms with E-state index in [1.807, 2.05) is 19.9 Å². The summed E-state index contributed by atoms with van der Waals surface area (Å²) in [5.41, 5.74) is 2.63. The van der Waals surface area contributed by atoms with Crippen LogP contribution in [0.4, 0.5) is 4.39 Å². The maximum absolute atomic E-state index is 13.2. The van der Waals surface area contributed by atoms with Crippen LogP contribution in [0.15, 0.2) is 30.3 Å². The normalized spacial score (nSPS) is 10.4. The van der Waals surface area contributed by atoms with Crippen LogP contribution in [0.5, 0.6) is 5.75 Å². The fourth-order valence-corrected chi connectivity index (χ4v) is 2.34. The number of benzene rings is 2. The van der Waals surface area contributed by atoms with E-state index in [-0.39, 0.29) is 10.8 Å². The van der Waals surface area contributed by atoms with Crippen molar-refractivity contribution in [2.24, 2.45) is 0 Å². The Morgan fingerprint density at radius 1 is 1.20 bits per heavy atom. The zero-order chi connectivity index (χ0) is 14.9. The second-order valence-electron chi connectivity index (χ2n) is 4.62. The van der Waals surface area contributed by atoms with E-state index in [1.54, 1.807) is 6.07 Å². The predicted octanol–water partition coefficient (Wildman–Crippen LogP) is 4.34. The molecule has 0 aliphatic carbocycles. The number of halogens is 2. The van der Waals surface area contributed by atoms with E-state index in [4.69, 9.17) is 16.3 Å². The summed E-state index contributed by atoms with van der Waals surface area (Å²) in [5.74, 6) is -0.273. The van der Waals surface area contributed by atoms with Gasteiger partial charge in [-0.3, -0.25) is 4.79 Å². The molecule has 2 rings (SSSR count). The van der Waals surface area contributed by atoms with Crippen molar-refractivity contribution in [3.63, 3.8) is 0 Å². The number of ether oxygens (including phenoxy) is 1. The van der Waals surface area contributed by atoms with Crippen LogP contribution in [-0.4, -0.2) is 12.9 Å². The van der Waals surface area contributed by atoms with Gasteiger partial charge >= 0.3 is 0 Å². The molecule has 2 aromatic carbocycles. The van der Waals surface area contributed by atoms with Crippen LogP contribution in [0, 0.1) is 19.7 Å². The number of carbonyl (C=O) groups excluding carboxylic acids is 1. The lowest BCUT2D eigenvalue weighted by Gasteiger charge is -2.12. The van der Waals surface area contributed by atoms with Gasteiger partial charge in [-0.1, -0.05) is 17.7 Å². The minimum Gasteiger partial charge on any atom is -0.496 e. The van der Waals surface area contributed by atoms with E-state index < -0.39 is 5.82 Å². The zero-order valence-corrected chi connectivity index (χ0v) is 12.2. The molecule has 104 valence electrons. The van der Waals surface area contributed by atoms with Crippen LogP contribution in [-0.2, 0) is 0 Å². The SMILES string of the molecule is COc1cc(C)cc(C)c1C(=O)c1ccc(F)c(Cl)c1. The number of carbonyl (C=O) groups is 1. The third-order valence-corrected chi connectivity index (χ3v) is 3.36. The second kappa shape index (κ2) is 5.63. The molecule has 0 amide bonds. The fourth-order valence-electron chi connectivity index (χ4n) is 2.16. The van der Waals surface area contributed by atoms with Crippen molar-refractivity contribution in [3.05, 3.63) is 63.4 Å². The van der Waals surface area contributed by atoms with Crippen LogP contribution in [0.1, 0.15) is 27.0 Å². The molecule has 0 spiro atoms. The van der Waals surface area contributed by atoms with E-state index in [9.17, 15) is 9.18 Å². The largest absolute Gasteiger partial charge is 0.496 e. The van der Waals surface area contributed by atoms with E-state index >= 15 is 0 Å². The molecule has 0 saturated carbocycles. The molecule has 0 radical (unpaired) electrons. The van der Waals surface area contributed by atoms with Crippen molar-refractivity contribution in [2.75, 3.05) is 7.11 Å². The van der Waals surface area contributed by atoms with Crippen molar-refractivity contribution in [1.82, 2.24) is 0 Å². The molecule has 0 saturated heterocycles. The number of ketones is 1. The summed E-state index contributed by atoms with van der Waals surface area (Å²) in [5, 5.41) is -0.0698. The Kier molecular flexibility index (Phi) is 4.09. The second-order valence-corrected chi connectivity index (χ2v) is 5.02. The van der Waals surface area contributed by atoms with Crippen LogP contribution < -0.4 is 4.74 Å². The van der Waals surface area contributed by atoms with Crippen LogP contribution in [0.3, 0.4) is 0 Å². The van der Waals surface area contributed by atoms with Gasteiger partial charge in [0.15, 0.2) is 5.78 Å². The van der Waals surface area contributed by atoms with Crippen molar-refractivity contribution >= 4 is 17.4 Å². The van der Waals surface area contributed by atoms with Gasteiger partial charge in [0.2, 0.25) is 0 Å². The quantitative estimate of drug-likeness (QED) is 0.787. The maximum atomic E-state index is 13.2. The van der Waals surface area contributed by atoms with Gasteiger partial charge in [0.25, 0.3) is 0 Å². The Morgan fingerprint density at radius 2 is 1.90 bits per heavy atom. The first-order chi connectivity index (χ1) is 9.43. The van der Waals surface area contributed by atoms with Gasteiger partial charge in [-0.25, -0.2) is 4.39 Å². The highest BCUT2D eigenvalue weighted by molar-refractivity contribution is 6.31. The molecule has 0 N–H and O–H groups in total. The smallest absolute Gasteiger partial charge is 0.197 e.